The van der Waals surface area contributed by atoms with Gasteiger partial charge in [0.1, 0.15) is 5.75 Å². The molecule has 2 aromatic rings. The van der Waals surface area contributed by atoms with Crippen LogP contribution in [0.4, 0.5) is 0 Å². The van der Waals surface area contributed by atoms with Crippen LogP contribution < -0.4 is 4.74 Å². The van der Waals surface area contributed by atoms with Crippen LogP contribution in [0.3, 0.4) is 0 Å². The second-order valence-corrected chi connectivity index (χ2v) is 6.87. The summed E-state index contributed by atoms with van der Waals surface area (Å²) in [5, 5.41) is 8.17. The number of aryl methyl sites for hydroxylation is 4. The predicted molar refractivity (Wildman–Crippen MR) is 89.5 cm³/mol. The fourth-order valence-corrected chi connectivity index (χ4v) is 2.68. The first kappa shape index (κ1) is 16.5. The molecule has 0 bridgehead atoms. The van der Waals surface area contributed by atoms with Crippen LogP contribution in [0.5, 0.6) is 5.75 Å². The van der Waals surface area contributed by atoms with Crippen molar-refractivity contribution in [2.75, 3.05) is 6.61 Å². The van der Waals surface area contributed by atoms with E-state index in [2.05, 4.69) is 50.1 Å². The molecule has 120 valence electrons. The van der Waals surface area contributed by atoms with Crippen LogP contribution in [0.2, 0.25) is 0 Å². The van der Waals surface area contributed by atoms with Gasteiger partial charge in [-0.05, 0) is 37.7 Å². The topological polar surface area (TPSA) is 39.9 Å². The zero-order valence-electron chi connectivity index (χ0n) is 14.6. The molecule has 0 aliphatic carbocycles. The fraction of sp³-hybridized carbons (Fsp3) is 0.556. The summed E-state index contributed by atoms with van der Waals surface area (Å²) in [5.41, 5.74) is 4.91. The van der Waals surface area contributed by atoms with Crippen LogP contribution in [-0.2, 0) is 25.3 Å². The molecule has 0 amide bonds. The average molecular weight is 301 g/mol. The van der Waals surface area contributed by atoms with Crippen LogP contribution in [0.1, 0.15) is 50.1 Å². The molecule has 0 aliphatic rings. The summed E-state index contributed by atoms with van der Waals surface area (Å²) in [7, 11) is 1.90. The van der Waals surface area contributed by atoms with Crippen molar-refractivity contribution in [1.29, 1.82) is 0 Å². The Morgan fingerprint density at radius 1 is 1.18 bits per heavy atom. The van der Waals surface area contributed by atoms with E-state index in [9.17, 15) is 0 Å². The predicted octanol–water partition coefficient (Wildman–Crippen LogP) is 3.60. The smallest absolute Gasteiger partial charge is 0.126 e. The molecule has 0 radical (unpaired) electrons. The quantitative estimate of drug-likeness (QED) is 0.847. The van der Waals surface area contributed by atoms with Gasteiger partial charge in [-0.2, -0.15) is 0 Å². The molecule has 0 unspecified atom stereocenters. The van der Waals surface area contributed by atoms with E-state index in [1.165, 1.54) is 16.7 Å². The number of ether oxygens (including phenoxy) is 1. The Balaban J connectivity index is 2.34. The maximum Gasteiger partial charge on any atom is 0.126 e. The Morgan fingerprint density at radius 2 is 1.91 bits per heavy atom. The highest BCUT2D eigenvalue weighted by Crippen LogP contribution is 2.36. The summed E-state index contributed by atoms with van der Waals surface area (Å²) in [6.07, 6.45) is 3.76. The molecule has 0 spiro atoms. The first-order valence-corrected chi connectivity index (χ1v) is 7.93. The number of benzene rings is 1. The summed E-state index contributed by atoms with van der Waals surface area (Å²) in [4.78, 5) is 0. The van der Waals surface area contributed by atoms with Gasteiger partial charge in [0.2, 0.25) is 0 Å². The first-order valence-electron chi connectivity index (χ1n) is 7.93. The monoisotopic (exact) mass is 301 g/mol. The van der Waals surface area contributed by atoms with Crippen molar-refractivity contribution >= 4 is 0 Å². The van der Waals surface area contributed by atoms with Gasteiger partial charge >= 0.3 is 0 Å². The molecule has 4 heteroatoms. The number of hydrogen-bond donors (Lipinski definition) is 0. The van der Waals surface area contributed by atoms with E-state index in [1.54, 1.807) is 4.68 Å². The number of nitrogens with zero attached hydrogens (tertiary/aromatic N) is 3. The van der Waals surface area contributed by atoms with E-state index >= 15 is 0 Å². The molecule has 0 saturated carbocycles. The normalized spacial score (nSPS) is 11.7. The lowest BCUT2D eigenvalue weighted by Gasteiger charge is -2.25. The Kier molecular flexibility index (Phi) is 4.89. The molecule has 0 N–H and O–H groups in total. The summed E-state index contributed by atoms with van der Waals surface area (Å²) >= 11 is 0. The lowest BCUT2D eigenvalue weighted by molar-refractivity contribution is 0.326. The van der Waals surface area contributed by atoms with Crippen molar-refractivity contribution in [2.45, 2.75) is 52.9 Å². The van der Waals surface area contributed by atoms with Gasteiger partial charge < -0.3 is 4.74 Å². The van der Waals surface area contributed by atoms with Gasteiger partial charge in [-0.3, -0.25) is 4.68 Å². The molecule has 2 rings (SSSR count). The Bertz CT molecular complexity index is 638. The Morgan fingerprint density at radius 3 is 2.45 bits per heavy atom. The van der Waals surface area contributed by atoms with Crippen LogP contribution in [0.25, 0.3) is 0 Å². The zero-order valence-corrected chi connectivity index (χ0v) is 14.6. The van der Waals surface area contributed by atoms with Crippen molar-refractivity contribution in [3.8, 4) is 5.75 Å². The standard InChI is InChI=1S/C18H27N3O/c1-7-22-17-14(8-9-15-12-21(6)20-19-15)10-13(2)11-16(17)18(3,4)5/h10-12H,7-9H2,1-6H3. The van der Waals surface area contributed by atoms with Gasteiger partial charge in [0.05, 0.1) is 12.3 Å². The number of rotatable bonds is 5. The lowest BCUT2D eigenvalue weighted by atomic mass is 9.83. The highest BCUT2D eigenvalue weighted by molar-refractivity contribution is 5.48. The van der Waals surface area contributed by atoms with Crippen molar-refractivity contribution < 1.29 is 4.74 Å². The SMILES string of the molecule is CCOc1c(CCc2cn(C)nn2)cc(C)cc1C(C)(C)C. The van der Waals surface area contributed by atoms with E-state index in [4.69, 9.17) is 4.74 Å². The highest BCUT2D eigenvalue weighted by Gasteiger charge is 2.22. The third-order valence-electron chi connectivity index (χ3n) is 3.71. The number of aromatic nitrogens is 3. The van der Waals surface area contributed by atoms with Gasteiger partial charge in [0, 0.05) is 18.8 Å². The molecule has 0 fully saturated rings. The minimum absolute atomic E-state index is 0.0673. The molecule has 0 saturated heterocycles. The van der Waals surface area contributed by atoms with Gasteiger partial charge in [-0.1, -0.05) is 43.7 Å². The van der Waals surface area contributed by atoms with Gasteiger partial charge in [-0.15, -0.1) is 5.10 Å². The van der Waals surface area contributed by atoms with Crippen LogP contribution in [-0.4, -0.2) is 21.6 Å². The molecule has 1 heterocycles. The summed E-state index contributed by atoms with van der Waals surface area (Å²) in [6.45, 7) is 11.6. The molecule has 1 aromatic carbocycles. The van der Waals surface area contributed by atoms with Crippen molar-refractivity contribution in [2.24, 2.45) is 7.05 Å². The Hall–Kier alpha value is -1.84. The van der Waals surface area contributed by atoms with Crippen LogP contribution in [0.15, 0.2) is 18.3 Å². The molecule has 0 aliphatic heterocycles. The molecular formula is C18H27N3O. The second-order valence-electron chi connectivity index (χ2n) is 6.87. The van der Waals surface area contributed by atoms with Crippen LogP contribution >= 0.6 is 0 Å². The van der Waals surface area contributed by atoms with Crippen molar-refractivity contribution in [1.82, 2.24) is 15.0 Å². The molecule has 1 aromatic heterocycles. The van der Waals surface area contributed by atoms with Gasteiger partial charge in [0.25, 0.3) is 0 Å². The third kappa shape index (κ3) is 3.87. The van der Waals surface area contributed by atoms with E-state index < -0.39 is 0 Å². The van der Waals surface area contributed by atoms with E-state index in [1.807, 2.05) is 20.2 Å². The summed E-state index contributed by atoms with van der Waals surface area (Å²) < 4.78 is 7.75. The van der Waals surface area contributed by atoms with Gasteiger partial charge in [0.15, 0.2) is 0 Å². The Labute approximate surface area is 133 Å². The van der Waals surface area contributed by atoms with E-state index in [0.29, 0.717) is 6.61 Å². The average Bonchev–Trinajstić information content (AvgIpc) is 2.83. The maximum absolute atomic E-state index is 6.00. The van der Waals surface area contributed by atoms with E-state index in [0.717, 1.165) is 24.3 Å². The molecule has 4 nitrogen and oxygen atoms in total. The number of hydrogen-bond acceptors (Lipinski definition) is 3. The fourth-order valence-electron chi connectivity index (χ4n) is 2.68. The molecule has 0 atom stereocenters. The van der Waals surface area contributed by atoms with Crippen molar-refractivity contribution in [3.05, 3.63) is 40.7 Å². The molecular weight excluding hydrogens is 274 g/mol. The lowest BCUT2D eigenvalue weighted by Crippen LogP contribution is -2.15. The first-order chi connectivity index (χ1) is 10.3. The summed E-state index contributed by atoms with van der Waals surface area (Å²) in [6, 6.07) is 4.48. The highest BCUT2D eigenvalue weighted by atomic mass is 16.5. The maximum atomic E-state index is 6.00. The largest absolute Gasteiger partial charge is 0.493 e. The summed E-state index contributed by atoms with van der Waals surface area (Å²) in [5.74, 6) is 1.05. The minimum Gasteiger partial charge on any atom is -0.493 e. The van der Waals surface area contributed by atoms with Crippen molar-refractivity contribution in [3.63, 3.8) is 0 Å². The minimum atomic E-state index is 0.0673. The van der Waals surface area contributed by atoms with E-state index in [-0.39, 0.29) is 5.41 Å². The van der Waals surface area contributed by atoms with Crippen LogP contribution in [0, 0.1) is 6.92 Å². The molecule has 22 heavy (non-hydrogen) atoms. The second kappa shape index (κ2) is 6.51. The third-order valence-corrected chi connectivity index (χ3v) is 3.71. The zero-order chi connectivity index (χ0) is 16.3. The van der Waals surface area contributed by atoms with Gasteiger partial charge in [-0.25, -0.2) is 0 Å².